The van der Waals surface area contributed by atoms with Gasteiger partial charge >= 0.3 is 11.9 Å². The Morgan fingerprint density at radius 2 is 2.24 bits per heavy atom. The molecule has 0 radical (unpaired) electrons. The van der Waals surface area contributed by atoms with Gasteiger partial charge in [0, 0.05) is 12.8 Å². The minimum absolute atomic E-state index is 0.258. The Bertz CT molecular complexity index is 542. The van der Waals surface area contributed by atoms with Crippen LogP contribution in [0.3, 0.4) is 0 Å². The van der Waals surface area contributed by atoms with Gasteiger partial charge in [-0.25, -0.2) is 9.59 Å². The minimum Gasteiger partial charge on any atom is -0.465 e. The van der Waals surface area contributed by atoms with Crippen LogP contribution in [-0.4, -0.2) is 37.6 Å². The Morgan fingerprint density at radius 3 is 2.90 bits per heavy atom. The highest BCUT2D eigenvalue weighted by atomic mass is 16.5. The molecule has 6 heteroatoms. The van der Waals surface area contributed by atoms with Gasteiger partial charge in [0.2, 0.25) is 5.71 Å². The lowest BCUT2D eigenvalue weighted by Gasteiger charge is -2.04. The predicted octanol–water partition coefficient (Wildman–Crippen LogP) is 1.80. The molecule has 0 saturated heterocycles. The van der Waals surface area contributed by atoms with E-state index in [0.29, 0.717) is 12.1 Å². The maximum absolute atomic E-state index is 11.9. The van der Waals surface area contributed by atoms with Crippen molar-refractivity contribution < 1.29 is 19.1 Å². The summed E-state index contributed by atoms with van der Waals surface area (Å²) in [6.45, 7) is 5.85. The first kappa shape index (κ1) is 16.4. The van der Waals surface area contributed by atoms with Crippen molar-refractivity contribution in [2.75, 3.05) is 13.7 Å². The molecule has 0 heterocycles. The molecule has 1 rings (SSSR count). The van der Waals surface area contributed by atoms with Crippen LogP contribution in [0.4, 0.5) is 0 Å². The van der Waals surface area contributed by atoms with E-state index in [1.165, 1.54) is 7.11 Å². The van der Waals surface area contributed by atoms with E-state index in [9.17, 15) is 9.59 Å². The summed E-state index contributed by atoms with van der Waals surface area (Å²) in [5, 5.41) is 7.38. The van der Waals surface area contributed by atoms with Gasteiger partial charge in [0.15, 0.2) is 5.57 Å². The minimum atomic E-state index is -0.625. The zero-order valence-corrected chi connectivity index (χ0v) is 12.0. The lowest BCUT2D eigenvalue weighted by Crippen LogP contribution is -2.17. The molecule has 0 aromatic carbocycles. The van der Waals surface area contributed by atoms with Crippen molar-refractivity contribution >= 4 is 23.9 Å². The number of hydrogen-bond donors (Lipinski definition) is 0. The normalized spacial score (nSPS) is 15.5. The highest BCUT2D eigenvalue weighted by molar-refractivity contribution is 6.26. The molecule has 0 aromatic rings. The molecule has 0 N–H and O–H groups in total. The zero-order chi connectivity index (χ0) is 15.7. The lowest BCUT2D eigenvalue weighted by molar-refractivity contribution is -0.138. The van der Waals surface area contributed by atoms with E-state index >= 15 is 0 Å². The Morgan fingerprint density at radius 1 is 1.48 bits per heavy atom. The van der Waals surface area contributed by atoms with Gasteiger partial charge in [0.1, 0.15) is 6.21 Å². The molecule has 1 aliphatic carbocycles. The summed E-state index contributed by atoms with van der Waals surface area (Å²) in [7, 11) is 1.24. The Kier molecular flexibility index (Phi) is 6.67. The third kappa shape index (κ3) is 5.90. The smallest absolute Gasteiger partial charge is 0.398 e. The number of nitrogens with zero attached hydrogens (tertiary/aromatic N) is 2. The number of rotatable bonds is 6. The summed E-state index contributed by atoms with van der Waals surface area (Å²) in [5.74, 6) is -1.12. The lowest BCUT2D eigenvalue weighted by atomic mass is 10.0. The average Bonchev–Trinajstić information content (AvgIpc) is 2.47. The predicted molar refractivity (Wildman–Crippen MR) is 79.9 cm³/mol. The third-order valence-electron chi connectivity index (χ3n) is 2.42. The van der Waals surface area contributed by atoms with Crippen LogP contribution in [0.15, 0.2) is 46.2 Å². The number of methoxy groups -OCH3 is 1. The van der Waals surface area contributed by atoms with Crippen LogP contribution in [0.25, 0.3) is 0 Å². The largest absolute Gasteiger partial charge is 0.465 e. The molecular weight excluding hydrogens is 272 g/mol. The number of esters is 2. The van der Waals surface area contributed by atoms with E-state index < -0.39 is 11.9 Å². The molecule has 0 aliphatic heterocycles. The van der Waals surface area contributed by atoms with Crippen LogP contribution < -0.4 is 0 Å². The number of carbonyl (C=O) groups excluding carboxylic acids is 2. The second-order valence-electron chi connectivity index (χ2n) is 4.23. The van der Waals surface area contributed by atoms with Crippen molar-refractivity contribution in [1.29, 1.82) is 0 Å². The van der Waals surface area contributed by atoms with Crippen molar-refractivity contribution in [3.05, 3.63) is 42.4 Å². The zero-order valence-electron chi connectivity index (χ0n) is 12.0. The molecule has 0 amide bonds. The Hall–Kier alpha value is -2.63. The molecular formula is C15H17N2O4+. The van der Waals surface area contributed by atoms with Crippen molar-refractivity contribution in [2.24, 2.45) is 10.2 Å². The second-order valence-corrected chi connectivity index (χ2v) is 4.23. The maximum atomic E-state index is 11.9. The molecule has 0 aromatic heterocycles. The topological polar surface area (TPSA) is 77.3 Å². The Balaban J connectivity index is 2.70. The molecule has 0 atom stereocenters. The molecule has 0 bridgehead atoms. The standard InChI is InChI=1S/C15H17N2O4/c1-11(2)8-9-21-15(19)12-6-4-5-7-13(12)17-16-10-14(18)20-3/h4-7,10H,1,8-9H2,2-3H3/q+1/b16-10?,17-13+. The summed E-state index contributed by atoms with van der Waals surface area (Å²) >= 11 is 0. The summed E-state index contributed by atoms with van der Waals surface area (Å²) < 4.78 is 9.52. The number of carbonyl (C=O) groups is 2. The second kappa shape index (κ2) is 8.52. The molecule has 0 unspecified atom stereocenters. The third-order valence-corrected chi connectivity index (χ3v) is 2.42. The monoisotopic (exact) mass is 289 g/mol. The van der Waals surface area contributed by atoms with Crippen LogP contribution >= 0.6 is 0 Å². The Labute approximate surface area is 123 Å². The van der Waals surface area contributed by atoms with Crippen molar-refractivity contribution in [2.45, 2.75) is 13.3 Å². The van der Waals surface area contributed by atoms with Gasteiger partial charge in [0.05, 0.1) is 31.9 Å². The fraction of sp³-hybridized carbons (Fsp3) is 0.267. The number of hydrogen-bond acceptors (Lipinski definition) is 6. The quantitative estimate of drug-likeness (QED) is 0.245. The SMILES string of the molecule is C=C(C)CCOC(=O)C1=C[CH+]C=C/C1=N\N=CC(=O)OC. The summed E-state index contributed by atoms with van der Waals surface area (Å²) in [6, 6.07) is 0. The maximum Gasteiger partial charge on any atom is 0.398 e. The summed E-state index contributed by atoms with van der Waals surface area (Å²) in [4.78, 5) is 22.8. The van der Waals surface area contributed by atoms with E-state index in [0.717, 1.165) is 11.8 Å². The highest BCUT2D eigenvalue weighted by Crippen LogP contribution is 2.11. The van der Waals surface area contributed by atoms with Crippen LogP contribution in [0, 0.1) is 6.42 Å². The average molecular weight is 289 g/mol. The van der Waals surface area contributed by atoms with E-state index in [4.69, 9.17) is 4.74 Å². The van der Waals surface area contributed by atoms with Crippen molar-refractivity contribution in [3.63, 3.8) is 0 Å². The van der Waals surface area contributed by atoms with Gasteiger partial charge in [-0.2, -0.15) is 0 Å². The van der Waals surface area contributed by atoms with Crippen LogP contribution in [0.1, 0.15) is 13.3 Å². The molecule has 0 saturated carbocycles. The fourth-order valence-corrected chi connectivity index (χ4v) is 1.32. The summed E-state index contributed by atoms with van der Waals surface area (Å²) in [5.41, 5.74) is 1.53. The van der Waals surface area contributed by atoms with Gasteiger partial charge in [-0.05, 0) is 6.92 Å². The molecule has 1 aliphatic rings. The molecule has 6 nitrogen and oxygen atoms in total. The first-order chi connectivity index (χ1) is 10.0. The van der Waals surface area contributed by atoms with Crippen LogP contribution in [-0.2, 0) is 19.1 Å². The van der Waals surface area contributed by atoms with Gasteiger partial charge in [-0.3, -0.25) is 0 Å². The van der Waals surface area contributed by atoms with Crippen LogP contribution in [0.5, 0.6) is 0 Å². The van der Waals surface area contributed by atoms with Crippen LogP contribution in [0.2, 0.25) is 0 Å². The summed E-state index contributed by atoms with van der Waals surface area (Å²) in [6.07, 6.45) is 8.10. The van der Waals surface area contributed by atoms with Crippen molar-refractivity contribution in [3.8, 4) is 0 Å². The van der Waals surface area contributed by atoms with Crippen molar-refractivity contribution in [1.82, 2.24) is 0 Å². The van der Waals surface area contributed by atoms with E-state index in [-0.39, 0.29) is 12.2 Å². The highest BCUT2D eigenvalue weighted by Gasteiger charge is 2.25. The molecule has 21 heavy (non-hydrogen) atoms. The molecule has 0 spiro atoms. The van der Waals surface area contributed by atoms with E-state index in [1.54, 1.807) is 24.6 Å². The van der Waals surface area contributed by atoms with Gasteiger partial charge in [-0.15, -0.1) is 16.8 Å². The van der Waals surface area contributed by atoms with Gasteiger partial charge in [-0.1, -0.05) is 5.57 Å². The number of allylic oxidation sites excluding steroid dienone is 3. The van der Waals surface area contributed by atoms with Gasteiger partial charge < -0.3 is 9.47 Å². The van der Waals surface area contributed by atoms with E-state index in [2.05, 4.69) is 21.5 Å². The van der Waals surface area contributed by atoms with Gasteiger partial charge in [0.25, 0.3) is 0 Å². The first-order valence-electron chi connectivity index (χ1n) is 6.27. The number of ether oxygens (including phenoxy) is 2. The fourth-order valence-electron chi connectivity index (χ4n) is 1.32. The van der Waals surface area contributed by atoms with E-state index in [1.807, 2.05) is 6.92 Å². The molecule has 110 valence electrons. The first-order valence-corrected chi connectivity index (χ1v) is 6.27. The molecule has 0 fully saturated rings.